The Hall–Kier alpha value is -1.93. The van der Waals surface area contributed by atoms with Gasteiger partial charge in [0.2, 0.25) is 0 Å². The third-order valence-corrected chi connectivity index (χ3v) is 1.71. The van der Waals surface area contributed by atoms with Gasteiger partial charge in [-0.3, -0.25) is 15.0 Å². The smallest absolute Gasteiger partial charge is 0.329 e. The molecule has 0 saturated heterocycles. The van der Waals surface area contributed by atoms with Crippen molar-refractivity contribution in [1.29, 1.82) is 0 Å². The zero-order valence-electron chi connectivity index (χ0n) is 8.10. The van der Waals surface area contributed by atoms with Crippen LogP contribution in [0, 0.1) is 0 Å². The number of amides is 1. The second-order valence-corrected chi connectivity index (χ2v) is 3.01. The maximum atomic E-state index is 10.9. The van der Waals surface area contributed by atoms with Crippen molar-refractivity contribution in [2.24, 2.45) is 0 Å². The molecule has 0 saturated carbocycles. The number of aliphatic carboxylic acids is 2. The van der Waals surface area contributed by atoms with E-state index in [1.54, 1.807) is 0 Å². The molecule has 16 heavy (non-hydrogen) atoms. The van der Waals surface area contributed by atoms with Gasteiger partial charge in [0.15, 0.2) is 0 Å². The number of ether oxygens (including phenoxy) is 1. The Kier molecular flexibility index (Phi) is 3.97. The van der Waals surface area contributed by atoms with E-state index in [2.05, 4.69) is 10.9 Å². The van der Waals surface area contributed by atoms with Crippen LogP contribution in [-0.2, 0) is 19.1 Å². The fourth-order valence-corrected chi connectivity index (χ4v) is 1.13. The van der Waals surface area contributed by atoms with Gasteiger partial charge < -0.3 is 14.9 Å². The van der Waals surface area contributed by atoms with Gasteiger partial charge in [-0.15, -0.1) is 0 Å². The molecule has 1 amide bonds. The Bertz CT molecular complexity index is 350. The van der Waals surface area contributed by atoms with E-state index in [1.165, 1.54) is 0 Å². The summed E-state index contributed by atoms with van der Waals surface area (Å²) in [5, 5.41) is 17.0. The summed E-state index contributed by atoms with van der Waals surface area (Å²) in [5.41, 5.74) is 4.71. The SMILES string of the molecule is O=C(O)COC1NNC(=O)C=C1CC(=O)O. The molecule has 0 aromatic rings. The van der Waals surface area contributed by atoms with Crippen LogP contribution >= 0.6 is 0 Å². The fourth-order valence-electron chi connectivity index (χ4n) is 1.13. The Morgan fingerprint density at radius 1 is 1.38 bits per heavy atom. The van der Waals surface area contributed by atoms with E-state index in [4.69, 9.17) is 14.9 Å². The molecule has 1 atom stereocenters. The first-order valence-electron chi connectivity index (χ1n) is 4.30. The Labute approximate surface area is 89.9 Å². The minimum absolute atomic E-state index is 0.164. The van der Waals surface area contributed by atoms with E-state index in [0.29, 0.717) is 0 Å². The van der Waals surface area contributed by atoms with Gasteiger partial charge in [-0.1, -0.05) is 0 Å². The van der Waals surface area contributed by atoms with Crippen molar-refractivity contribution in [1.82, 2.24) is 10.9 Å². The topological polar surface area (TPSA) is 125 Å². The van der Waals surface area contributed by atoms with Gasteiger partial charge in [-0.2, -0.15) is 0 Å². The molecule has 0 aromatic heterocycles. The van der Waals surface area contributed by atoms with Crippen LogP contribution in [0.3, 0.4) is 0 Å². The molecule has 88 valence electrons. The maximum absolute atomic E-state index is 10.9. The third-order valence-electron chi connectivity index (χ3n) is 1.71. The van der Waals surface area contributed by atoms with Crippen LogP contribution in [0.15, 0.2) is 11.6 Å². The van der Waals surface area contributed by atoms with Gasteiger partial charge in [-0.25, -0.2) is 10.2 Å². The highest BCUT2D eigenvalue weighted by molar-refractivity contribution is 5.90. The van der Waals surface area contributed by atoms with Crippen LogP contribution in [0.2, 0.25) is 0 Å². The summed E-state index contributed by atoms with van der Waals surface area (Å²) < 4.78 is 4.85. The Morgan fingerprint density at radius 2 is 2.06 bits per heavy atom. The highest BCUT2D eigenvalue weighted by Crippen LogP contribution is 2.11. The number of hydrogen-bond acceptors (Lipinski definition) is 5. The van der Waals surface area contributed by atoms with Gasteiger partial charge in [0.25, 0.3) is 5.91 Å². The molecule has 1 aliphatic heterocycles. The van der Waals surface area contributed by atoms with Crippen molar-refractivity contribution >= 4 is 17.8 Å². The monoisotopic (exact) mass is 230 g/mol. The summed E-state index contributed by atoms with van der Waals surface area (Å²) >= 11 is 0. The van der Waals surface area contributed by atoms with E-state index < -0.39 is 37.1 Å². The number of carboxylic acid groups (broad SMARTS) is 2. The fraction of sp³-hybridized carbons (Fsp3) is 0.375. The number of rotatable bonds is 5. The lowest BCUT2D eigenvalue weighted by Gasteiger charge is -2.24. The quantitative estimate of drug-likeness (QED) is 0.450. The van der Waals surface area contributed by atoms with Crippen LogP contribution in [0.1, 0.15) is 6.42 Å². The summed E-state index contributed by atoms with van der Waals surface area (Å²) in [5.74, 6) is -2.83. The first-order chi connectivity index (χ1) is 7.49. The number of carboxylic acids is 2. The van der Waals surface area contributed by atoms with Crippen molar-refractivity contribution < 1.29 is 29.3 Å². The van der Waals surface area contributed by atoms with Crippen LogP contribution in [-0.4, -0.2) is 40.9 Å². The van der Waals surface area contributed by atoms with E-state index in [1.807, 2.05) is 0 Å². The highest BCUT2D eigenvalue weighted by Gasteiger charge is 2.23. The summed E-state index contributed by atoms with van der Waals surface area (Å²) in [6.07, 6.45) is -0.271. The normalized spacial score (nSPS) is 19.9. The van der Waals surface area contributed by atoms with Gasteiger partial charge in [0.05, 0.1) is 6.42 Å². The number of hydrazine groups is 1. The van der Waals surface area contributed by atoms with Crippen molar-refractivity contribution in [2.75, 3.05) is 6.61 Å². The predicted octanol–water partition coefficient (Wildman–Crippen LogP) is -1.55. The second-order valence-electron chi connectivity index (χ2n) is 3.01. The van der Waals surface area contributed by atoms with Crippen molar-refractivity contribution in [3.63, 3.8) is 0 Å². The zero-order valence-corrected chi connectivity index (χ0v) is 8.10. The molecule has 0 fully saturated rings. The third kappa shape index (κ3) is 3.67. The molecule has 1 heterocycles. The second kappa shape index (κ2) is 5.24. The van der Waals surface area contributed by atoms with Crippen molar-refractivity contribution in [3.8, 4) is 0 Å². The minimum Gasteiger partial charge on any atom is -0.481 e. The van der Waals surface area contributed by atoms with Gasteiger partial charge in [0.1, 0.15) is 12.8 Å². The van der Waals surface area contributed by atoms with E-state index in [0.717, 1.165) is 6.08 Å². The molecule has 4 N–H and O–H groups in total. The molecule has 8 nitrogen and oxygen atoms in total. The van der Waals surface area contributed by atoms with Gasteiger partial charge >= 0.3 is 11.9 Å². The standard InChI is InChI=1S/C8H10N2O6/c11-5-1-4(2-6(12)13)8(10-9-5)16-3-7(14)15/h1,8,10H,2-3H2,(H,9,11)(H,12,13)(H,14,15). The lowest BCUT2D eigenvalue weighted by Crippen LogP contribution is -2.50. The average Bonchev–Trinajstić information content (AvgIpc) is 2.15. The van der Waals surface area contributed by atoms with E-state index in [-0.39, 0.29) is 5.57 Å². The molecular weight excluding hydrogens is 220 g/mol. The van der Waals surface area contributed by atoms with Gasteiger partial charge in [0, 0.05) is 6.08 Å². The first-order valence-corrected chi connectivity index (χ1v) is 4.30. The number of carbonyl (C=O) groups is 3. The largest absolute Gasteiger partial charge is 0.481 e. The summed E-state index contributed by atoms with van der Waals surface area (Å²) in [7, 11) is 0. The first kappa shape index (κ1) is 12.1. The molecule has 0 radical (unpaired) electrons. The van der Waals surface area contributed by atoms with Crippen LogP contribution < -0.4 is 10.9 Å². The Balaban J connectivity index is 2.66. The molecule has 0 bridgehead atoms. The zero-order chi connectivity index (χ0) is 12.1. The molecule has 0 aliphatic carbocycles. The number of carbonyl (C=O) groups excluding carboxylic acids is 1. The lowest BCUT2D eigenvalue weighted by molar-refractivity contribution is -0.144. The molecule has 0 aromatic carbocycles. The minimum atomic E-state index is -1.19. The van der Waals surface area contributed by atoms with Gasteiger partial charge in [-0.05, 0) is 5.57 Å². The number of hydrogen-bond donors (Lipinski definition) is 4. The highest BCUT2D eigenvalue weighted by atomic mass is 16.5. The van der Waals surface area contributed by atoms with Crippen molar-refractivity contribution in [3.05, 3.63) is 11.6 Å². The van der Waals surface area contributed by atoms with Crippen LogP contribution in [0.25, 0.3) is 0 Å². The van der Waals surface area contributed by atoms with Crippen LogP contribution in [0.5, 0.6) is 0 Å². The molecule has 8 heteroatoms. The van der Waals surface area contributed by atoms with Crippen LogP contribution in [0.4, 0.5) is 0 Å². The van der Waals surface area contributed by atoms with E-state index in [9.17, 15) is 14.4 Å². The molecule has 1 unspecified atom stereocenters. The summed E-state index contributed by atoms with van der Waals surface area (Å²) in [4.78, 5) is 31.7. The molecular formula is C8H10N2O6. The summed E-state index contributed by atoms with van der Waals surface area (Å²) in [6.45, 7) is -0.593. The predicted molar refractivity (Wildman–Crippen MR) is 49.0 cm³/mol. The Morgan fingerprint density at radius 3 is 2.62 bits per heavy atom. The maximum Gasteiger partial charge on any atom is 0.329 e. The summed E-state index contributed by atoms with van der Waals surface area (Å²) in [6, 6.07) is 0. The van der Waals surface area contributed by atoms with E-state index >= 15 is 0 Å². The number of nitrogens with one attached hydrogen (secondary N) is 2. The van der Waals surface area contributed by atoms with Crippen molar-refractivity contribution in [2.45, 2.75) is 12.6 Å². The average molecular weight is 230 g/mol. The molecule has 1 rings (SSSR count). The molecule has 1 aliphatic rings. The molecule has 0 spiro atoms. The lowest BCUT2D eigenvalue weighted by atomic mass is 10.1.